The molecule has 1 aliphatic carbocycles. The lowest BCUT2D eigenvalue weighted by molar-refractivity contribution is -0.122. The van der Waals surface area contributed by atoms with Gasteiger partial charge in [0.05, 0.1) is 24.5 Å². The first-order valence-corrected chi connectivity index (χ1v) is 18.5. The monoisotopic (exact) mass is 699 g/mol. The number of hydrogen-bond donors (Lipinski definition) is 3. The molecule has 3 aliphatic rings. The summed E-state index contributed by atoms with van der Waals surface area (Å²) in [5.74, 6) is 2.40. The number of hydrogen-bond acceptors (Lipinski definition) is 8. The number of piperidine rings is 2. The largest absolute Gasteiger partial charge is 0.484 e. The summed E-state index contributed by atoms with van der Waals surface area (Å²) in [4.78, 5) is 26.8. The summed E-state index contributed by atoms with van der Waals surface area (Å²) in [6, 6.07) is 14.4. The van der Waals surface area contributed by atoms with Crippen molar-refractivity contribution in [1.82, 2.24) is 34.6 Å². The van der Waals surface area contributed by atoms with Crippen LogP contribution in [0.3, 0.4) is 0 Å². The molecule has 3 aromatic heterocycles. The molecule has 4 aromatic rings. The fourth-order valence-corrected chi connectivity index (χ4v) is 7.49. The molecule has 1 aromatic carbocycles. The third-order valence-corrected chi connectivity index (χ3v) is 10.3. The molecule has 2 amide bonds. The van der Waals surface area contributed by atoms with Crippen LogP contribution in [0.15, 0.2) is 48.7 Å². The van der Waals surface area contributed by atoms with Gasteiger partial charge in [-0.1, -0.05) is 51.5 Å². The molecule has 2 fully saturated rings. The molecule has 51 heavy (non-hydrogen) atoms. The van der Waals surface area contributed by atoms with Crippen LogP contribution >= 0.6 is 0 Å². The van der Waals surface area contributed by atoms with Gasteiger partial charge < -0.3 is 25.0 Å². The number of urea groups is 1. The van der Waals surface area contributed by atoms with Crippen molar-refractivity contribution in [3.63, 3.8) is 0 Å². The maximum atomic E-state index is 13.5. The zero-order valence-corrected chi connectivity index (χ0v) is 30.4. The van der Waals surface area contributed by atoms with Crippen LogP contribution in [0.1, 0.15) is 108 Å². The minimum Gasteiger partial charge on any atom is -0.484 e. The second-order valence-corrected chi connectivity index (χ2v) is 15.0. The summed E-state index contributed by atoms with van der Waals surface area (Å²) in [5.41, 5.74) is 3.86. The smallest absolute Gasteiger partial charge is 0.320 e. The van der Waals surface area contributed by atoms with Crippen LogP contribution < -0.4 is 20.3 Å². The molecule has 3 atom stereocenters. The number of nitrogens with one attached hydrogen (secondary N) is 2. The van der Waals surface area contributed by atoms with Crippen molar-refractivity contribution in [3.05, 3.63) is 65.5 Å². The van der Waals surface area contributed by atoms with Gasteiger partial charge in [0.15, 0.2) is 5.65 Å². The summed E-state index contributed by atoms with van der Waals surface area (Å²) >= 11 is 0. The molecule has 274 valence electrons. The molecule has 0 spiro atoms. The third-order valence-electron chi connectivity index (χ3n) is 10.3. The molecule has 0 radical (unpaired) electrons. The third kappa shape index (κ3) is 8.63. The lowest BCUT2D eigenvalue weighted by Crippen LogP contribution is -2.38. The molecule has 1 unspecified atom stereocenters. The number of benzene rings is 1. The van der Waals surface area contributed by atoms with Crippen LogP contribution in [0.2, 0.25) is 0 Å². The van der Waals surface area contributed by atoms with Crippen molar-refractivity contribution in [2.45, 2.75) is 109 Å². The Morgan fingerprint density at radius 2 is 1.71 bits per heavy atom. The second kappa shape index (κ2) is 16.1. The fraction of sp³-hybridized carbons (Fsp3) is 0.553. The fourth-order valence-electron chi connectivity index (χ4n) is 7.49. The highest BCUT2D eigenvalue weighted by Gasteiger charge is 2.30. The lowest BCUT2D eigenvalue weighted by Gasteiger charge is -2.33. The first kappa shape index (κ1) is 36.2. The van der Waals surface area contributed by atoms with E-state index in [4.69, 9.17) is 19.7 Å². The van der Waals surface area contributed by atoms with E-state index >= 15 is 0 Å². The van der Waals surface area contributed by atoms with Gasteiger partial charge >= 0.3 is 6.03 Å². The Morgan fingerprint density at radius 1 is 0.961 bits per heavy atom. The van der Waals surface area contributed by atoms with E-state index in [1.807, 2.05) is 41.2 Å². The molecule has 0 saturated carbocycles. The number of pyridine rings is 1. The van der Waals surface area contributed by atoms with Gasteiger partial charge in [0.2, 0.25) is 5.95 Å². The van der Waals surface area contributed by atoms with E-state index < -0.39 is 0 Å². The Balaban J connectivity index is 0.00000144. The number of aromatic nitrogens is 5. The van der Waals surface area contributed by atoms with Crippen LogP contribution in [0, 0.1) is 0 Å². The maximum Gasteiger partial charge on any atom is 0.320 e. The first-order valence-electron chi connectivity index (χ1n) is 18.5. The zero-order valence-electron chi connectivity index (χ0n) is 30.4. The van der Waals surface area contributed by atoms with E-state index in [1.54, 1.807) is 0 Å². The van der Waals surface area contributed by atoms with Crippen molar-refractivity contribution in [2.75, 3.05) is 36.4 Å². The summed E-state index contributed by atoms with van der Waals surface area (Å²) < 4.78 is 10.7. The normalized spacial score (nSPS) is 20.9. The number of fused-ring (bicyclic) bond motifs is 2. The van der Waals surface area contributed by atoms with Gasteiger partial charge in [-0.05, 0) is 88.2 Å². The number of rotatable bonds is 8. The Bertz CT molecular complexity index is 1770. The Labute approximate surface area is 300 Å². The average molecular weight is 700 g/mol. The van der Waals surface area contributed by atoms with Crippen LogP contribution in [-0.4, -0.2) is 79.1 Å². The van der Waals surface area contributed by atoms with Crippen LogP contribution in [-0.2, 0) is 16.8 Å². The van der Waals surface area contributed by atoms with Crippen molar-refractivity contribution in [2.24, 2.45) is 0 Å². The SMILES string of the molecule is CC1CCCCN1c1nnc2ccc(O[C@@H]3CC[C@H](NC(=O)Nc4cc(C(C)(C)C)nn4CCN4CCCCC4)c4ccccc43)cn12.O=CO. The lowest BCUT2D eigenvalue weighted by atomic mass is 9.85. The van der Waals surface area contributed by atoms with Gasteiger partial charge in [-0.25, -0.2) is 9.48 Å². The predicted octanol–water partition coefficient (Wildman–Crippen LogP) is 6.57. The minimum absolute atomic E-state index is 0.118. The molecule has 2 aliphatic heterocycles. The summed E-state index contributed by atoms with van der Waals surface area (Å²) in [7, 11) is 0. The first-order chi connectivity index (χ1) is 24.6. The van der Waals surface area contributed by atoms with Gasteiger partial charge in [0.1, 0.15) is 17.7 Å². The number of carbonyl (C=O) groups excluding carboxylic acids is 1. The van der Waals surface area contributed by atoms with Crippen molar-refractivity contribution >= 4 is 29.9 Å². The summed E-state index contributed by atoms with van der Waals surface area (Å²) in [6.07, 6.45) is 10.8. The Morgan fingerprint density at radius 3 is 2.45 bits per heavy atom. The molecule has 13 nitrogen and oxygen atoms in total. The predicted molar refractivity (Wildman–Crippen MR) is 197 cm³/mol. The molecule has 3 N–H and O–H groups in total. The van der Waals surface area contributed by atoms with E-state index in [1.165, 1.54) is 32.1 Å². The van der Waals surface area contributed by atoms with Crippen LogP contribution in [0.4, 0.5) is 16.6 Å². The number of amides is 2. The molecule has 13 heteroatoms. The van der Waals surface area contributed by atoms with E-state index in [9.17, 15) is 4.79 Å². The minimum atomic E-state index is -0.250. The molecule has 7 rings (SSSR count). The number of likely N-dealkylation sites (tertiary alicyclic amines) is 1. The zero-order chi connectivity index (χ0) is 36.0. The second-order valence-electron chi connectivity index (χ2n) is 15.0. The van der Waals surface area contributed by atoms with Gasteiger partial charge in [-0.2, -0.15) is 5.10 Å². The van der Waals surface area contributed by atoms with E-state index in [0.717, 1.165) is 92.0 Å². The highest BCUT2D eigenvalue weighted by atomic mass is 16.5. The van der Waals surface area contributed by atoms with Crippen LogP contribution in [0.5, 0.6) is 5.75 Å². The highest BCUT2D eigenvalue weighted by Crippen LogP contribution is 2.39. The quantitative estimate of drug-likeness (QED) is 0.174. The van der Waals surface area contributed by atoms with Crippen molar-refractivity contribution < 1.29 is 19.4 Å². The molecule has 5 heterocycles. The average Bonchev–Trinajstić information content (AvgIpc) is 3.73. The van der Waals surface area contributed by atoms with Gasteiger partial charge in [0, 0.05) is 30.6 Å². The van der Waals surface area contributed by atoms with E-state index in [0.29, 0.717) is 6.04 Å². The maximum absolute atomic E-state index is 13.5. The number of ether oxygens (including phenoxy) is 1. The standard InChI is InChI=1S/C37H51N9O2.CH2O2/c1-26-12-8-11-21-44(26)36-41-40-33-18-15-27(25-45(33)36)48-31-17-16-30(28-13-6-7-14-29(28)31)38-35(47)39-34-24-32(37(2,3)4)42-46(34)23-22-43-19-9-5-10-20-43;2-1-3/h6-7,13-15,18,24-26,30-31H,5,8-12,16-17,19-23H2,1-4H3,(H2,38,39,47);1H,(H,2,3)/t26?,30-,31+;/m0./s1. The molecule has 0 bridgehead atoms. The van der Waals surface area contributed by atoms with Gasteiger partial charge in [-0.15, -0.1) is 10.2 Å². The van der Waals surface area contributed by atoms with Gasteiger partial charge in [-0.3, -0.25) is 14.5 Å². The van der Waals surface area contributed by atoms with Crippen molar-refractivity contribution in [1.29, 1.82) is 0 Å². The molecular weight excluding hydrogens is 646 g/mol. The number of carbonyl (C=O) groups is 2. The number of nitrogens with zero attached hydrogens (tertiary/aromatic N) is 7. The highest BCUT2D eigenvalue weighted by molar-refractivity contribution is 5.88. The molecular formula is C38H53N9O4. The van der Waals surface area contributed by atoms with Crippen LogP contribution in [0.25, 0.3) is 5.65 Å². The summed E-state index contributed by atoms with van der Waals surface area (Å²) in [6.45, 7) is 13.4. The van der Waals surface area contributed by atoms with Crippen molar-refractivity contribution in [3.8, 4) is 5.75 Å². The van der Waals surface area contributed by atoms with E-state index in [-0.39, 0.29) is 30.1 Å². The molecule has 2 saturated heterocycles. The Hall–Kier alpha value is -4.65. The number of anilines is 2. The number of carboxylic acid groups (broad SMARTS) is 1. The summed E-state index contributed by atoms with van der Waals surface area (Å²) in [5, 5.41) is 27.2. The van der Waals surface area contributed by atoms with E-state index in [2.05, 4.69) is 74.9 Å². The Kier molecular flexibility index (Phi) is 11.4. The van der Waals surface area contributed by atoms with Gasteiger partial charge in [0.25, 0.3) is 6.47 Å². The topological polar surface area (TPSA) is 142 Å².